The molecule has 0 saturated carbocycles. The SMILES string of the molecule is COC(=O)C=Cc1ccc(Oc2ccc(C[C@H](NC(=O)OC(C)(C)C)C(=O)O)cc2)cc1. The van der Waals surface area contributed by atoms with Crippen molar-refractivity contribution in [1.29, 1.82) is 0 Å². The molecule has 2 aromatic rings. The highest BCUT2D eigenvalue weighted by Crippen LogP contribution is 2.23. The molecule has 0 fully saturated rings. The van der Waals surface area contributed by atoms with Crippen LogP contribution in [-0.2, 0) is 25.5 Å². The number of carbonyl (C=O) groups is 3. The second-order valence-corrected chi connectivity index (χ2v) is 7.91. The zero-order valence-corrected chi connectivity index (χ0v) is 18.5. The zero-order valence-electron chi connectivity index (χ0n) is 18.5. The normalized spacial score (nSPS) is 12.1. The number of alkyl carbamates (subject to hydrolysis) is 1. The van der Waals surface area contributed by atoms with Gasteiger partial charge in [0.15, 0.2) is 0 Å². The highest BCUT2D eigenvalue weighted by Gasteiger charge is 2.24. The average molecular weight is 441 g/mol. The summed E-state index contributed by atoms with van der Waals surface area (Å²) in [6.07, 6.45) is 2.27. The summed E-state index contributed by atoms with van der Waals surface area (Å²) in [5, 5.41) is 11.8. The Labute approximate surface area is 186 Å². The van der Waals surface area contributed by atoms with Gasteiger partial charge in [-0.1, -0.05) is 24.3 Å². The summed E-state index contributed by atoms with van der Waals surface area (Å²) < 4.78 is 15.5. The van der Waals surface area contributed by atoms with E-state index in [9.17, 15) is 19.5 Å². The largest absolute Gasteiger partial charge is 0.480 e. The molecule has 2 rings (SSSR count). The van der Waals surface area contributed by atoms with Crippen molar-refractivity contribution in [3.8, 4) is 11.5 Å². The van der Waals surface area contributed by atoms with Crippen LogP contribution >= 0.6 is 0 Å². The van der Waals surface area contributed by atoms with Crippen molar-refractivity contribution in [2.75, 3.05) is 7.11 Å². The van der Waals surface area contributed by atoms with Gasteiger partial charge in [-0.15, -0.1) is 0 Å². The Morgan fingerprint density at radius 3 is 2.06 bits per heavy atom. The lowest BCUT2D eigenvalue weighted by Gasteiger charge is -2.22. The Bertz CT molecular complexity index is 957. The van der Waals surface area contributed by atoms with Crippen LogP contribution < -0.4 is 10.1 Å². The minimum absolute atomic E-state index is 0.0933. The number of carboxylic acids is 1. The Kier molecular flexibility index (Phi) is 8.40. The number of hydrogen-bond acceptors (Lipinski definition) is 6. The maximum Gasteiger partial charge on any atom is 0.408 e. The van der Waals surface area contributed by atoms with Crippen molar-refractivity contribution < 1.29 is 33.7 Å². The summed E-state index contributed by atoms with van der Waals surface area (Å²) in [5.74, 6) is -0.420. The summed E-state index contributed by atoms with van der Waals surface area (Å²) in [6, 6.07) is 12.9. The van der Waals surface area contributed by atoms with Gasteiger partial charge in [0.2, 0.25) is 0 Å². The monoisotopic (exact) mass is 441 g/mol. The number of esters is 1. The molecule has 0 heterocycles. The predicted octanol–water partition coefficient (Wildman–Crippen LogP) is 4.19. The van der Waals surface area contributed by atoms with Crippen LogP contribution in [0.2, 0.25) is 0 Å². The third kappa shape index (κ3) is 8.51. The van der Waals surface area contributed by atoms with Crippen LogP contribution in [0.3, 0.4) is 0 Å². The highest BCUT2D eigenvalue weighted by molar-refractivity contribution is 5.86. The van der Waals surface area contributed by atoms with Gasteiger partial charge in [-0.3, -0.25) is 0 Å². The van der Waals surface area contributed by atoms with Gasteiger partial charge in [-0.25, -0.2) is 14.4 Å². The lowest BCUT2D eigenvalue weighted by atomic mass is 10.1. The van der Waals surface area contributed by atoms with Crippen LogP contribution in [0.15, 0.2) is 54.6 Å². The fraction of sp³-hybridized carbons (Fsp3) is 0.292. The molecule has 0 unspecified atom stereocenters. The number of ether oxygens (including phenoxy) is 3. The average Bonchev–Trinajstić information content (AvgIpc) is 2.72. The van der Waals surface area contributed by atoms with Gasteiger partial charge in [-0.2, -0.15) is 0 Å². The van der Waals surface area contributed by atoms with E-state index in [0.29, 0.717) is 17.1 Å². The molecule has 2 N–H and O–H groups in total. The molecule has 8 nitrogen and oxygen atoms in total. The number of hydrogen-bond donors (Lipinski definition) is 2. The van der Waals surface area contributed by atoms with E-state index in [2.05, 4.69) is 10.1 Å². The van der Waals surface area contributed by atoms with E-state index >= 15 is 0 Å². The zero-order chi connectivity index (χ0) is 23.7. The van der Waals surface area contributed by atoms with Crippen LogP contribution in [0, 0.1) is 0 Å². The molecular weight excluding hydrogens is 414 g/mol. The van der Waals surface area contributed by atoms with Gasteiger partial charge < -0.3 is 24.6 Å². The minimum Gasteiger partial charge on any atom is -0.480 e. The Balaban J connectivity index is 1.97. The van der Waals surface area contributed by atoms with Gasteiger partial charge in [-0.05, 0) is 62.2 Å². The van der Waals surface area contributed by atoms with Crippen LogP contribution in [0.4, 0.5) is 4.79 Å². The number of nitrogens with one attached hydrogen (secondary N) is 1. The first kappa shape index (κ1) is 24.5. The van der Waals surface area contributed by atoms with Crippen molar-refractivity contribution in [2.24, 2.45) is 0 Å². The number of amides is 1. The van der Waals surface area contributed by atoms with Gasteiger partial charge in [0.05, 0.1) is 7.11 Å². The fourth-order valence-corrected chi connectivity index (χ4v) is 2.59. The molecule has 1 amide bonds. The van der Waals surface area contributed by atoms with Crippen molar-refractivity contribution in [3.05, 3.63) is 65.7 Å². The molecule has 0 aromatic heterocycles. The Hall–Kier alpha value is -3.81. The van der Waals surface area contributed by atoms with Crippen LogP contribution in [0.5, 0.6) is 11.5 Å². The van der Waals surface area contributed by atoms with E-state index in [4.69, 9.17) is 9.47 Å². The molecule has 170 valence electrons. The van der Waals surface area contributed by atoms with Crippen molar-refractivity contribution >= 4 is 24.1 Å². The number of rotatable bonds is 8. The van der Waals surface area contributed by atoms with E-state index in [-0.39, 0.29) is 6.42 Å². The molecule has 2 aromatic carbocycles. The van der Waals surface area contributed by atoms with E-state index < -0.39 is 29.7 Å². The molecular formula is C24H27NO7. The van der Waals surface area contributed by atoms with Crippen molar-refractivity contribution in [3.63, 3.8) is 0 Å². The number of carboxylic acid groups (broad SMARTS) is 1. The molecule has 8 heteroatoms. The van der Waals surface area contributed by atoms with Gasteiger partial charge in [0, 0.05) is 12.5 Å². The van der Waals surface area contributed by atoms with Gasteiger partial charge in [0.1, 0.15) is 23.1 Å². The Morgan fingerprint density at radius 1 is 1.00 bits per heavy atom. The van der Waals surface area contributed by atoms with Gasteiger partial charge >= 0.3 is 18.0 Å². The quantitative estimate of drug-likeness (QED) is 0.467. The first-order chi connectivity index (χ1) is 15.1. The summed E-state index contributed by atoms with van der Waals surface area (Å²) in [5.41, 5.74) is 0.807. The van der Waals surface area contributed by atoms with E-state index in [1.165, 1.54) is 13.2 Å². The number of carbonyl (C=O) groups excluding carboxylic acids is 2. The molecule has 1 atom stereocenters. The van der Waals surface area contributed by atoms with Crippen LogP contribution in [0.25, 0.3) is 6.08 Å². The topological polar surface area (TPSA) is 111 Å². The summed E-state index contributed by atoms with van der Waals surface area (Å²) in [6.45, 7) is 5.11. The molecule has 0 bridgehead atoms. The minimum atomic E-state index is -1.16. The first-order valence-corrected chi connectivity index (χ1v) is 9.91. The fourth-order valence-electron chi connectivity index (χ4n) is 2.59. The second kappa shape index (κ2) is 11.0. The maximum absolute atomic E-state index is 11.9. The van der Waals surface area contributed by atoms with E-state index in [1.54, 1.807) is 75.4 Å². The smallest absolute Gasteiger partial charge is 0.408 e. The molecule has 0 aliphatic heterocycles. The Morgan fingerprint density at radius 2 is 1.56 bits per heavy atom. The third-order valence-electron chi connectivity index (χ3n) is 4.08. The second-order valence-electron chi connectivity index (χ2n) is 7.91. The summed E-state index contributed by atoms with van der Waals surface area (Å²) >= 11 is 0. The molecule has 0 spiro atoms. The van der Waals surface area contributed by atoms with Crippen molar-refractivity contribution in [1.82, 2.24) is 5.32 Å². The first-order valence-electron chi connectivity index (χ1n) is 9.91. The lowest BCUT2D eigenvalue weighted by molar-refractivity contribution is -0.139. The van der Waals surface area contributed by atoms with E-state index in [0.717, 1.165) is 5.56 Å². The number of benzene rings is 2. The predicted molar refractivity (Wildman–Crippen MR) is 119 cm³/mol. The van der Waals surface area contributed by atoms with Crippen molar-refractivity contribution in [2.45, 2.75) is 38.8 Å². The number of methoxy groups -OCH3 is 1. The molecule has 0 saturated heterocycles. The van der Waals surface area contributed by atoms with Crippen LogP contribution in [0.1, 0.15) is 31.9 Å². The van der Waals surface area contributed by atoms with Crippen LogP contribution in [-0.4, -0.2) is 41.9 Å². The molecule has 0 radical (unpaired) electrons. The summed E-state index contributed by atoms with van der Waals surface area (Å²) in [7, 11) is 1.31. The molecule has 0 aliphatic rings. The number of aliphatic carboxylic acids is 1. The lowest BCUT2D eigenvalue weighted by Crippen LogP contribution is -2.44. The van der Waals surface area contributed by atoms with E-state index in [1.807, 2.05) is 0 Å². The van der Waals surface area contributed by atoms with Gasteiger partial charge in [0.25, 0.3) is 0 Å². The standard InChI is InChI=1S/C24H27NO7/c1-24(2,3)32-23(29)25-20(22(27)28)15-17-7-12-19(13-8-17)31-18-10-5-16(6-11-18)9-14-21(26)30-4/h5-14,20H,15H2,1-4H3,(H,25,29)(H,27,28)/t20-/m0/s1. The summed E-state index contributed by atoms with van der Waals surface area (Å²) in [4.78, 5) is 34.5. The highest BCUT2D eigenvalue weighted by atomic mass is 16.6. The third-order valence-corrected chi connectivity index (χ3v) is 4.08. The molecule has 32 heavy (non-hydrogen) atoms. The molecule has 0 aliphatic carbocycles. The maximum atomic E-state index is 11.9.